The molecule has 0 spiro atoms. The monoisotopic (exact) mass is 282 g/mol. The summed E-state index contributed by atoms with van der Waals surface area (Å²) in [5, 5.41) is 0. The minimum absolute atomic E-state index is 0.162. The second kappa shape index (κ2) is 7.70. The SMILES string of the molecule is CCCc1ccc(C(=O)CN(C)Cc2ccncc2)cc1. The smallest absolute Gasteiger partial charge is 0.176 e. The summed E-state index contributed by atoms with van der Waals surface area (Å²) in [6, 6.07) is 11.9. The van der Waals surface area contributed by atoms with Crippen molar-refractivity contribution in [2.75, 3.05) is 13.6 Å². The first-order valence-corrected chi connectivity index (χ1v) is 7.38. The van der Waals surface area contributed by atoms with Gasteiger partial charge in [0.1, 0.15) is 0 Å². The Morgan fingerprint density at radius 1 is 1.05 bits per heavy atom. The molecule has 0 N–H and O–H groups in total. The highest BCUT2D eigenvalue weighted by Gasteiger charge is 2.09. The van der Waals surface area contributed by atoms with Crippen LogP contribution in [0.1, 0.15) is 34.8 Å². The quantitative estimate of drug-likeness (QED) is 0.730. The molecule has 0 atom stereocenters. The van der Waals surface area contributed by atoms with Gasteiger partial charge >= 0.3 is 0 Å². The van der Waals surface area contributed by atoms with Gasteiger partial charge in [0, 0.05) is 24.5 Å². The largest absolute Gasteiger partial charge is 0.295 e. The summed E-state index contributed by atoms with van der Waals surface area (Å²) in [4.78, 5) is 18.3. The molecule has 0 fully saturated rings. The Balaban J connectivity index is 1.91. The minimum atomic E-state index is 0.162. The number of rotatable bonds is 7. The Kier molecular flexibility index (Phi) is 5.64. The van der Waals surface area contributed by atoms with Crippen molar-refractivity contribution in [2.45, 2.75) is 26.3 Å². The molecule has 0 radical (unpaired) electrons. The number of hydrogen-bond acceptors (Lipinski definition) is 3. The van der Waals surface area contributed by atoms with Crippen LogP contribution in [0.5, 0.6) is 0 Å². The molecule has 21 heavy (non-hydrogen) atoms. The molecule has 3 nitrogen and oxygen atoms in total. The van der Waals surface area contributed by atoms with Crippen molar-refractivity contribution in [1.82, 2.24) is 9.88 Å². The zero-order chi connectivity index (χ0) is 15.1. The van der Waals surface area contributed by atoms with E-state index in [4.69, 9.17) is 0 Å². The van der Waals surface area contributed by atoms with Gasteiger partial charge in [0.2, 0.25) is 0 Å². The van der Waals surface area contributed by atoms with Gasteiger partial charge in [0.25, 0.3) is 0 Å². The summed E-state index contributed by atoms with van der Waals surface area (Å²) in [7, 11) is 1.96. The number of Topliss-reactive ketones (excluding diaryl/α,β-unsaturated/α-hetero) is 1. The van der Waals surface area contributed by atoms with E-state index in [1.807, 2.05) is 36.2 Å². The molecule has 110 valence electrons. The van der Waals surface area contributed by atoms with Crippen molar-refractivity contribution in [3.8, 4) is 0 Å². The summed E-state index contributed by atoms with van der Waals surface area (Å²) >= 11 is 0. The fourth-order valence-corrected chi connectivity index (χ4v) is 2.34. The van der Waals surface area contributed by atoms with Crippen molar-refractivity contribution in [3.05, 3.63) is 65.5 Å². The lowest BCUT2D eigenvalue weighted by atomic mass is 10.1. The van der Waals surface area contributed by atoms with Gasteiger partial charge in [-0.3, -0.25) is 14.7 Å². The molecule has 3 heteroatoms. The first-order valence-electron chi connectivity index (χ1n) is 7.38. The lowest BCUT2D eigenvalue weighted by Gasteiger charge is -2.15. The highest BCUT2D eigenvalue weighted by atomic mass is 16.1. The Morgan fingerprint density at radius 3 is 2.33 bits per heavy atom. The maximum Gasteiger partial charge on any atom is 0.176 e. The van der Waals surface area contributed by atoms with Crippen LogP contribution in [0.4, 0.5) is 0 Å². The van der Waals surface area contributed by atoms with Crippen LogP contribution in [0, 0.1) is 0 Å². The zero-order valence-electron chi connectivity index (χ0n) is 12.7. The molecule has 0 aliphatic heterocycles. The third-order valence-corrected chi connectivity index (χ3v) is 3.43. The van der Waals surface area contributed by atoms with Crippen molar-refractivity contribution < 1.29 is 4.79 Å². The minimum Gasteiger partial charge on any atom is -0.295 e. The average molecular weight is 282 g/mol. The van der Waals surface area contributed by atoms with E-state index < -0.39 is 0 Å². The molecule has 0 unspecified atom stereocenters. The molecular formula is C18H22N2O. The molecule has 1 aromatic heterocycles. The van der Waals surface area contributed by atoms with Crippen molar-refractivity contribution in [3.63, 3.8) is 0 Å². The van der Waals surface area contributed by atoms with Gasteiger partial charge in [0.15, 0.2) is 5.78 Å². The fourth-order valence-electron chi connectivity index (χ4n) is 2.34. The van der Waals surface area contributed by atoms with Crippen molar-refractivity contribution >= 4 is 5.78 Å². The summed E-state index contributed by atoms with van der Waals surface area (Å²) in [5.41, 5.74) is 3.24. The van der Waals surface area contributed by atoms with E-state index in [1.165, 1.54) is 11.1 Å². The second-order valence-corrected chi connectivity index (χ2v) is 5.40. The van der Waals surface area contributed by atoms with E-state index in [-0.39, 0.29) is 5.78 Å². The van der Waals surface area contributed by atoms with E-state index in [9.17, 15) is 4.79 Å². The Labute approximate surface area is 126 Å². The van der Waals surface area contributed by atoms with Crippen molar-refractivity contribution in [1.29, 1.82) is 0 Å². The third kappa shape index (κ3) is 4.80. The van der Waals surface area contributed by atoms with Gasteiger partial charge < -0.3 is 0 Å². The van der Waals surface area contributed by atoms with Gasteiger partial charge in [0.05, 0.1) is 6.54 Å². The summed E-state index contributed by atoms with van der Waals surface area (Å²) < 4.78 is 0. The molecule has 2 aromatic rings. The number of aromatic nitrogens is 1. The predicted octanol–water partition coefficient (Wildman–Crippen LogP) is 3.35. The standard InChI is InChI=1S/C18H22N2O/c1-3-4-15-5-7-17(8-6-15)18(21)14-20(2)13-16-9-11-19-12-10-16/h5-12H,3-4,13-14H2,1-2H3. The number of pyridine rings is 1. The van der Waals surface area contributed by atoms with Gasteiger partial charge in [-0.1, -0.05) is 37.6 Å². The maximum absolute atomic E-state index is 12.3. The van der Waals surface area contributed by atoms with Crippen LogP contribution in [-0.2, 0) is 13.0 Å². The van der Waals surface area contributed by atoms with Gasteiger partial charge in [-0.25, -0.2) is 0 Å². The van der Waals surface area contributed by atoms with E-state index in [0.717, 1.165) is 24.9 Å². The van der Waals surface area contributed by atoms with Crippen LogP contribution in [0.3, 0.4) is 0 Å². The van der Waals surface area contributed by atoms with Crippen LogP contribution >= 0.6 is 0 Å². The number of nitrogens with zero attached hydrogens (tertiary/aromatic N) is 2. The van der Waals surface area contributed by atoms with Crippen molar-refractivity contribution in [2.24, 2.45) is 0 Å². The molecule has 2 rings (SSSR count). The number of hydrogen-bond donors (Lipinski definition) is 0. The number of benzene rings is 1. The molecule has 0 amide bonds. The molecular weight excluding hydrogens is 260 g/mol. The van der Waals surface area contributed by atoms with E-state index in [2.05, 4.69) is 24.0 Å². The maximum atomic E-state index is 12.3. The Bertz CT molecular complexity index is 564. The predicted molar refractivity (Wildman–Crippen MR) is 85.3 cm³/mol. The van der Waals surface area contributed by atoms with Gasteiger partial charge in [-0.05, 0) is 36.7 Å². The number of ketones is 1. The number of aryl methyl sites for hydroxylation is 1. The van der Waals surface area contributed by atoms with Crippen LogP contribution in [0.25, 0.3) is 0 Å². The summed E-state index contributed by atoms with van der Waals surface area (Å²) in [6.45, 7) is 3.34. The van der Waals surface area contributed by atoms with Gasteiger partial charge in [-0.2, -0.15) is 0 Å². The highest BCUT2D eigenvalue weighted by molar-refractivity contribution is 5.97. The lowest BCUT2D eigenvalue weighted by Crippen LogP contribution is -2.25. The molecule has 0 saturated carbocycles. The van der Waals surface area contributed by atoms with E-state index >= 15 is 0 Å². The molecule has 1 aromatic carbocycles. The molecule has 0 aliphatic carbocycles. The number of carbonyl (C=O) groups excluding carboxylic acids is 1. The zero-order valence-corrected chi connectivity index (χ0v) is 12.7. The number of carbonyl (C=O) groups is 1. The first-order chi connectivity index (χ1) is 10.2. The molecule has 0 aliphatic rings. The van der Waals surface area contributed by atoms with E-state index in [1.54, 1.807) is 12.4 Å². The Hall–Kier alpha value is -2.00. The first kappa shape index (κ1) is 15.4. The van der Waals surface area contributed by atoms with Crippen LogP contribution in [0.2, 0.25) is 0 Å². The summed E-state index contributed by atoms with van der Waals surface area (Å²) in [5.74, 6) is 0.162. The fraction of sp³-hybridized carbons (Fsp3) is 0.333. The third-order valence-electron chi connectivity index (χ3n) is 3.43. The van der Waals surface area contributed by atoms with E-state index in [0.29, 0.717) is 6.54 Å². The van der Waals surface area contributed by atoms with Crippen LogP contribution in [-0.4, -0.2) is 29.3 Å². The number of likely N-dealkylation sites (N-methyl/N-ethyl adjacent to an activating group) is 1. The Morgan fingerprint density at radius 2 is 1.71 bits per heavy atom. The topological polar surface area (TPSA) is 33.2 Å². The van der Waals surface area contributed by atoms with Gasteiger partial charge in [-0.15, -0.1) is 0 Å². The van der Waals surface area contributed by atoms with Crippen LogP contribution < -0.4 is 0 Å². The average Bonchev–Trinajstić information content (AvgIpc) is 2.49. The van der Waals surface area contributed by atoms with Crippen LogP contribution in [0.15, 0.2) is 48.8 Å². The molecule has 1 heterocycles. The molecule has 0 saturated heterocycles. The summed E-state index contributed by atoms with van der Waals surface area (Å²) in [6.07, 6.45) is 5.74. The normalized spacial score (nSPS) is 10.8. The lowest BCUT2D eigenvalue weighted by molar-refractivity contribution is 0.0943. The molecule has 0 bridgehead atoms. The second-order valence-electron chi connectivity index (χ2n) is 5.40. The highest BCUT2D eigenvalue weighted by Crippen LogP contribution is 2.09.